The number of rotatable bonds is 3. The van der Waals surface area contributed by atoms with Gasteiger partial charge in [0.2, 0.25) is 0 Å². The monoisotopic (exact) mass is 320 g/mol. The predicted octanol–water partition coefficient (Wildman–Crippen LogP) is 4.17. The number of benzene rings is 2. The van der Waals surface area contributed by atoms with Gasteiger partial charge in [-0.25, -0.2) is 0 Å². The zero-order valence-electron chi connectivity index (χ0n) is 14.3. The van der Waals surface area contributed by atoms with Gasteiger partial charge in [0.25, 0.3) is 5.91 Å². The minimum Gasteiger partial charge on any atom is -0.507 e. The number of anilines is 1. The van der Waals surface area contributed by atoms with Crippen molar-refractivity contribution in [3.05, 3.63) is 63.7 Å². The summed E-state index contributed by atoms with van der Waals surface area (Å²) in [5.41, 5.74) is 4.86. The highest BCUT2D eigenvalue weighted by atomic mass is 16.3. The number of phenolic OH excluding ortho intramolecular Hbond substituents is 1. The van der Waals surface area contributed by atoms with E-state index in [1.54, 1.807) is 26.0 Å². The summed E-state index contributed by atoms with van der Waals surface area (Å²) in [6.45, 7) is 7.45. The van der Waals surface area contributed by atoms with Gasteiger partial charge in [-0.15, -0.1) is 0 Å². The van der Waals surface area contributed by atoms with Crippen molar-refractivity contribution in [3.63, 3.8) is 0 Å². The maximum atomic E-state index is 12.4. The average Bonchev–Trinajstić information content (AvgIpc) is 2.52. The fourth-order valence-corrected chi connectivity index (χ4v) is 2.53. The highest BCUT2D eigenvalue weighted by molar-refractivity contribution is 6.10. The molecule has 1 amide bonds. The number of nitriles is 1. The summed E-state index contributed by atoms with van der Waals surface area (Å²) in [6, 6.07) is 11.1. The second kappa shape index (κ2) is 7.01. The van der Waals surface area contributed by atoms with Crippen LogP contribution >= 0.6 is 0 Å². The van der Waals surface area contributed by atoms with E-state index >= 15 is 0 Å². The highest BCUT2D eigenvalue weighted by Gasteiger charge is 2.12. The Labute approximate surface area is 142 Å². The van der Waals surface area contributed by atoms with Gasteiger partial charge >= 0.3 is 0 Å². The Bertz CT molecular complexity index is 851. The van der Waals surface area contributed by atoms with Crippen molar-refractivity contribution < 1.29 is 9.90 Å². The molecule has 122 valence electrons. The van der Waals surface area contributed by atoms with E-state index in [1.165, 1.54) is 6.08 Å². The quantitative estimate of drug-likeness (QED) is 0.658. The Kier molecular flexibility index (Phi) is 5.05. The molecule has 0 spiro atoms. The molecule has 0 aliphatic heterocycles. The Balaban J connectivity index is 2.31. The van der Waals surface area contributed by atoms with Crippen molar-refractivity contribution in [1.29, 1.82) is 5.26 Å². The zero-order valence-corrected chi connectivity index (χ0v) is 14.3. The van der Waals surface area contributed by atoms with E-state index in [1.807, 2.05) is 38.1 Å². The van der Waals surface area contributed by atoms with E-state index in [4.69, 9.17) is 0 Å². The smallest absolute Gasteiger partial charge is 0.266 e. The molecule has 2 aromatic rings. The molecule has 2 rings (SSSR count). The molecule has 0 radical (unpaired) electrons. The van der Waals surface area contributed by atoms with E-state index in [9.17, 15) is 15.2 Å². The standard InChI is InChI=1S/C20H20N2O2/c1-12-5-6-18(13(2)7-12)22-20(24)17(11-21)10-16-8-14(3)19(23)15(4)9-16/h5-10,23H,1-4H3,(H,22,24). The average molecular weight is 320 g/mol. The minimum absolute atomic E-state index is 0.0134. The molecule has 0 saturated carbocycles. The summed E-state index contributed by atoms with van der Waals surface area (Å²) in [5, 5.41) is 21.9. The molecule has 0 aliphatic carbocycles. The molecule has 0 heterocycles. The number of amides is 1. The topological polar surface area (TPSA) is 73.1 Å². The van der Waals surface area contributed by atoms with Gasteiger partial charge in [-0.05, 0) is 74.2 Å². The van der Waals surface area contributed by atoms with E-state index < -0.39 is 5.91 Å². The van der Waals surface area contributed by atoms with Crippen LogP contribution < -0.4 is 5.32 Å². The number of nitrogens with zero attached hydrogens (tertiary/aromatic N) is 1. The molecule has 0 bridgehead atoms. The first-order chi connectivity index (χ1) is 11.3. The zero-order chi connectivity index (χ0) is 17.9. The van der Waals surface area contributed by atoms with Crippen LogP contribution in [0.1, 0.15) is 27.8 Å². The number of hydrogen-bond acceptors (Lipinski definition) is 3. The lowest BCUT2D eigenvalue weighted by molar-refractivity contribution is -0.112. The Morgan fingerprint density at radius 2 is 1.71 bits per heavy atom. The van der Waals surface area contributed by atoms with Gasteiger partial charge in [0.05, 0.1) is 0 Å². The maximum Gasteiger partial charge on any atom is 0.266 e. The summed E-state index contributed by atoms with van der Waals surface area (Å²) in [7, 11) is 0. The van der Waals surface area contributed by atoms with Gasteiger partial charge in [0.1, 0.15) is 17.4 Å². The number of aromatic hydroxyl groups is 1. The van der Waals surface area contributed by atoms with Gasteiger partial charge in [-0.3, -0.25) is 4.79 Å². The molecular formula is C20H20N2O2. The van der Waals surface area contributed by atoms with Crippen molar-refractivity contribution in [2.24, 2.45) is 0 Å². The van der Waals surface area contributed by atoms with Crippen LogP contribution in [0.2, 0.25) is 0 Å². The molecule has 0 aromatic heterocycles. The van der Waals surface area contributed by atoms with Crippen LogP contribution in [-0.4, -0.2) is 11.0 Å². The second-order valence-electron chi connectivity index (χ2n) is 5.95. The van der Waals surface area contributed by atoms with Crippen molar-refractivity contribution in [2.45, 2.75) is 27.7 Å². The normalized spacial score (nSPS) is 11.0. The molecule has 2 N–H and O–H groups in total. The molecule has 24 heavy (non-hydrogen) atoms. The van der Waals surface area contributed by atoms with Gasteiger partial charge < -0.3 is 10.4 Å². The molecule has 0 fully saturated rings. The van der Waals surface area contributed by atoms with E-state index in [0.717, 1.165) is 11.1 Å². The third kappa shape index (κ3) is 3.82. The van der Waals surface area contributed by atoms with Crippen molar-refractivity contribution >= 4 is 17.7 Å². The lowest BCUT2D eigenvalue weighted by Gasteiger charge is -2.09. The molecule has 0 aliphatic rings. The molecule has 0 unspecified atom stereocenters. The molecule has 4 heteroatoms. The molecular weight excluding hydrogens is 300 g/mol. The number of phenols is 1. The number of nitrogens with one attached hydrogen (secondary N) is 1. The van der Waals surface area contributed by atoms with Crippen molar-refractivity contribution in [2.75, 3.05) is 5.32 Å². The van der Waals surface area contributed by atoms with Crippen LogP contribution in [0.5, 0.6) is 5.75 Å². The second-order valence-corrected chi connectivity index (χ2v) is 5.95. The van der Waals surface area contributed by atoms with Crippen LogP contribution in [0.25, 0.3) is 6.08 Å². The summed E-state index contributed by atoms with van der Waals surface area (Å²) in [4.78, 5) is 12.4. The van der Waals surface area contributed by atoms with Crippen molar-refractivity contribution in [3.8, 4) is 11.8 Å². The number of carbonyl (C=O) groups is 1. The Morgan fingerprint density at radius 3 is 2.25 bits per heavy atom. The highest BCUT2D eigenvalue weighted by Crippen LogP contribution is 2.24. The first kappa shape index (κ1) is 17.3. The summed E-state index contributed by atoms with van der Waals surface area (Å²) in [6.07, 6.45) is 1.53. The first-order valence-corrected chi connectivity index (χ1v) is 7.62. The Hall–Kier alpha value is -3.06. The van der Waals surface area contributed by atoms with E-state index in [2.05, 4.69) is 5.32 Å². The van der Waals surface area contributed by atoms with E-state index in [0.29, 0.717) is 22.4 Å². The van der Waals surface area contributed by atoms with Crippen LogP contribution in [0.15, 0.2) is 35.9 Å². The lowest BCUT2D eigenvalue weighted by Crippen LogP contribution is -2.14. The number of hydrogen-bond donors (Lipinski definition) is 2. The molecule has 4 nitrogen and oxygen atoms in total. The third-order valence-corrected chi connectivity index (χ3v) is 3.82. The van der Waals surface area contributed by atoms with Crippen molar-refractivity contribution in [1.82, 2.24) is 0 Å². The number of aryl methyl sites for hydroxylation is 4. The number of carbonyl (C=O) groups excluding carboxylic acids is 1. The molecule has 2 aromatic carbocycles. The Morgan fingerprint density at radius 1 is 1.08 bits per heavy atom. The van der Waals surface area contributed by atoms with Crippen LogP contribution in [-0.2, 0) is 4.79 Å². The third-order valence-electron chi connectivity index (χ3n) is 3.82. The van der Waals surface area contributed by atoms with Gasteiger partial charge in [-0.2, -0.15) is 5.26 Å². The predicted molar refractivity (Wildman–Crippen MR) is 95.7 cm³/mol. The summed E-state index contributed by atoms with van der Waals surface area (Å²) in [5.74, 6) is -0.224. The molecule has 0 saturated heterocycles. The minimum atomic E-state index is -0.451. The van der Waals surface area contributed by atoms with Crippen LogP contribution in [0, 0.1) is 39.0 Å². The van der Waals surface area contributed by atoms with E-state index in [-0.39, 0.29) is 11.3 Å². The SMILES string of the molecule is Cc1ccc(NC(=O)C(C#N)=Cc2cc(C)c(O)c(C)c2)c(C)c1. The maximum absolute atomic E-state index is 12.4. The van der Waals surface area contributed by atoms with Gasteiger partial charge in [0, 0.05) is 5.69 Å². The van der Waals surface area contributed by atoms with Gasteiger partial charge in [-0.1, -0.05) is 17.7 Å². The first-order valence-electron chi connectivity index (χ1n) is 7.62. The summed E-state index contributed by atoms with van der Waals surface area (Å²) < 4.78 is 0. The summed E-state index contributed by atoms with van der Waals surface area (Å²) >= 11 is 0. The lowest BCUT2D eigenvalue weighted by atomic mass is 10.0. The van der Waals surface area contributed by atoms with Gasteiger partial charge in [0.15, 0.2) is 0 Å². The van der Waals surface area contributed by atoms with Crippen LogP contribution in [0.4, 0.5) is 5.69 Å². The van der Waals surface area contributed by atoms with Crippen LogP contribution in [0.3, 0.4) is 0 Å². The fourth-order valence-electron chi connectivity index (χ4n) is 2.53. The fraction of sp³-hybridized carbons (Fsp3) is 0.200. The molecule has 0 atom stereocenters. The largest absolute Gasteiger partial charge is 0.507 e.